The molecule has 1 nitrogen and oxygen atoms in total. The van der Waals surface area contributed by atoms with Crippen molar-refractivity contribution in [3.05, 3.63) is 184 Å². The zero-order valence-corrected chi connectivity index (χ0v) is 46.7. The second-order valence-corrected chi connectivity index (χ2v) is 27.5. The van der Waals surface area contributed by atoms with E-state index in [0.29, 0.717) is 0 Å². The first kappa shape index (κ1) is 50.7. The molecule has 0 bridgehead atoms. The minimum absolute atomic E-state index is 0.00663. The molecule has 1 aliphatic rings. The first-order valence-electron chi connectivity index (χ1n) is 26.0. The fraction of sp³-hybridized carbons (Fsp3) is 0.391. The molecule has 0 saturated heterocycles. The van der Waals surface area contributed by atoms with Gasteiger partial charge in [0.2, 0.25) is 0 Å². The van der Waals surface area contributed by atoms with Crippen LogP contribution < -0.4 is 4.90 Å². The normalized spacial score (nSPS) is 14.1. The van der Waals surface area contributed by atoms with E-state index in [9.17, 15) is 0 Å². The largest absolute Gasteiger partial charge is 0.310 e. The third-order valence-corrected chi connectivity index (χ3v) is 15.1. The Morgan fingerprint density at radius 3 is 1.10 bits per heavy atom. The zero-order chi connectivity index (χ0) is 51.3. The van der Waals surface area contributed by atoms with E-state index in [2.05, 4.69) is 283 Å². The molecule has 0 aliphatic heterocycles. The lowest BCUT2D eigenvalue weighted by Crippen LogP contribution is -2.18. The van der Waals surface area contributed by atoms with Gasteiger partial charge in [-0.15, -0.1) is 0 Å². The molecule has 1 heteroatoms. The molecule has 0 amide bonds. The molecule has 7 aromatic rings. The Bertz CT molecular complexity index is 3040. The highest BCUT2D eigenvalue weighted by molar-refractivity contribution is 5.88. The smallest absolute Gasteiger partial charge is 0.0470 e. The predicted octanol–water partition coefficient (Wildman–Crippen LogP) is 20.2. The third kappa shape index (κ3) is 10.1. The molecule has 0 radical (unpaired) electrons. The SMILES string of the molecule is CC(C)(C)c1cc(-c2cc(N(c3cccc(-c4cc(C(C)(C)C)cc(C(C)(C)C)c4)c3)c3ccc4c(c3)C(C)(C)c3ccccc3-4)cc(C(C)(C)C)c2)cc(-c2cc(C(C)(C)C)cc(C(C)(C)C)c2)c1. The van der Waals surface area contributed by atoms with E-state index in [1.165, 1.54) is 89.0 Å². The van der Waals surface area contributed by atoms with Crippen molar-refractivity contribution < 1.29 is 0 Å². The fourth-order valence-electron chi connectivity index (χ4n) is 10.2. The maximum Gasteiger partial charge on any atom is 0.0470 e. The summed E-state index contributed by atoms with van der Waals surface area (Å²) in [4.78, 5) is 2.54. The Balaban J connectivity index is 1.40. The molecular weight excluding hydrogens is 843 g/mol. The number of benzene rings is 7. The van der Waals surface area contributed by atoms with Crippen LogP contribution in [0.1, 0.15) is 183 Å². The molecule has 1 aliphatic carbocycles. The quantitative estimate of drug-likeness (QED) is 0.161. The minimum Gasteiger partial charge on any atom is -0.310 e. The summed E-state index contributed by atoms with van der Waals surface area (Å²) in [6, 6.07) is 54.9. The lowest BCUT2D eigenvalue weighted by Gasteiger charge is -2.31. The van der Waals surface area contributed by atoms with E-state index in [1.54, 1.807) is 0 Å². The van der Waals surface area contributed by atoms with E-state index in [-0.39, 0.29) is 37.9 Å². The van der Waals surface area contributed by atoms with Gasteiger partial charge in [0.1, 0.15) is 0 Å². The Morgan fingerprint density at radius 2 is 0.629 bits per heavy atom. The summed E-state index contributed by atoms with van der Waals surface area (Å²) in [5, 5.41) is 0. The van der Waals surface area contributed by atoms with E-state index < -0.39 is 0 Å². The fourth-order valence-corrected chi connectivity index (χ4v) is 10.2. The number of rotatable bonds is 6. The van der Waals surface area contributed by atoms with Gasteiger partial charge in [-0.2, -0.15) is 0 Å². The van der Waals surface area contributed by atoms with Gasteiger partial charge in [-0.25, -0.2) is 0 Å². The van der Waals surface area contributed by atoms with Crippen molar-refractivity contribution in [2.45, 2.75) is 176 Å². The zero-order valence-electron chi connectivity index (χ0n) is 46.7. The first-order valence-corrected chi connectivity index (χ1v) is 26.0. The molecule has 70 heavy (non-hydrogen) atoms. The van der Waals surface area contributed by atoms with E-state index in [4.69, 9.17) is 0 Å². The van der Waals surface area contributed by atoms with Gasteiger partial charge < -0.3 is 4.90 Å². The van der Waals surface area contributed by atoms with Crippen LogP contribution in [0.4, 0.5) is 17.1 Å². The highest BCUT2D eigenvalue weighted by Crippen LogP contribution is 2.51. The first-order chi connectivity index (χ1) is 32.2. The van der Waals surface area contributed by atoms with Crippen LogP contribution in [0.5, 0.6) is 0 Å². The second-order valence-electron chi connectivity index (χ2n) is 27.5. The number of nitrogens with zero attached hydrogens (tertiary/aromatic N) is 1. The Morgan fingerprint density at radius 1 is 0.271 bits per heavy atom. The highest BCUT2D eigenvalue weighted by atomic mass is 15.1. The Hall–Kier alpha value is -5.66. The van der Waals surface area contributed by atoms with Crippen molar-refractivity contribution in [2.75, 3.05) is 4.90 Å². The topological polar surface area (TPSA) is 3.24 Å². The van der Waals surface area contributed by atoms with Crippen molar-refractivity contribution in [1.29, 1.82) is 0 Å². The van der Waals surface area contributed by atoms with Crippen LogP contribution in [-0.2, 0) is 37.9 Å². The number of anilines is 3. The van der Waals surface area contributed by atoms with Crippen LogP contribution in [0.15, 0.2) is 140 Å². The Labute approximate surface area is 424 Å². The van der Waals surface area contributed by atoms with Crippen LogP contribution in [-0.4, -0.2) is 0 Å². The molecule has 0 heterocycles. The highest BCUT2D eigenvalue weighted by Gasteiger charge is 2.36. The van der Waals surface area contributed by atoms with Crippen LogP contribution in [0.25, 0.3) is 44.5 Å². The molecular formula is C69H83N. The molecule has 0 fully saturated rings. The molecule has 0 N–H and O–H groups in total. The van der Waals surface area contributed by atoms with Gasteiger partial charge >= 0.3 is 0 Å². The summed E-state index contributed by atoms with van der Waals surface area (Å²) in [5.41, 5.74) is 24.1. The number of fused-ring (bicyclic) bond motifs is 3. The van der Waals surface area contributed by atoms with Gasteiger partial charge in [0.15, 0.2) is 0 Å². The van der Waals surface area contributed by atoms with E-state index >= 15 is 0 Å². The van der Waals surface area contributed by atoms with E-state index in [0.717, 1.165) is 17.1 Å². The van der Waals surface area contributed by atoms with Crippen LogP contribution in [0.3, 0.4) is 0 Å². The summed E-state index contributed by atoms with van der Waals surface area (Å²) in [7, 11) is 0. The average molecular weight is 926 g/mol. The number of hydrogen-bond donors (Lipinski definition) is 0. The van der Waals surface area contributed by atoms with Gasteiger partial charge in [-0.1, -0.05) is 236 Å². The lowest BCUT2D eigenvalue weighted by atomic mass is 9.78. The van der Waals surface area contributed by atoms with Crippen molar-refractivity contribution in [2.24, 2.45) is 0 Å². The third-order valence-electron chi connectivity index (χ3n) is 15.1. The molecule has 364 valence electrons. The van der Waals surface area contributed by atoms with Crippen LogP contribution in [0.2, 0.25) is 0 Å². The summed E-state index contributed by atoms with van der Waals surface area (Å²) in [6.07, 6.45) is 0. The standard InChI is InChI=1S/C69H83N/c1-63(2,3)50-31-45(48-35-53(66(10,11)12)41-54(36-48)67(13,14)15)30-46(32-50)49-37-55(68(16,17)18)42-58(39-49)70(57-28-29-60-59-26-21-22-27-61(59)69(19,20)62(60)43-57)56-25-23-24-44(38-56)47-33-51(64(4,5)6)40-52(34-47)65(7,8)9/h21-43H,1-20H3. The maximum atomic E-state index is 2.54. The predicted molar refractivity (Wildman–Crippen MR) is 307 cm³/mol. The summed E-state index contributed by atoms with van der Waals surface area (Å²) < 4.78 is 0. The molecule has 0 saturated carbocycles. The van der Waals surface area contributed by atoms with E-state index in [1.807, 2.05) is 0 Å². The number of hydrogen-bond acceptors (Lipinski definition) is 1. The van der Waals surface area contributed by atoms with Crippen molar-refractivity contribution in [1.82, 2.24) is 0 Å². The average Bonchev–Trinajstić information content (AvgIpc) is 3.49. The van der Waals surface area contributed by atoms with Gasteiger partial charge in [-0.3, -0.25) is 0 Å². The summed E-state index contributed by atoms with van der Waals surface area (Å²) in [5.74, 6) is 0. The molecule has 7 aromatic carbocycles. The van der Waals surface area contributed by atoms with Gasteiger partial charge in [0.25, 0.3) is 0 Å². The second kappa shape index (κ2) is 17.3. The minimum atomic E-state index is -0.147. The summed E-state index contributed by atoms with van der Waals surface area (Å²) >= 11 is 0. The van der Waals surface area contributed by atoms with Crippen molar-refractivity contribution >= 4 is 17.1 Å². The Kier molecular flexibility index (Phi) is 12.5. The molecule has 0 aromatic heterocycles. The van der Waals surface area contributed by atoms with Crippen molar-refractivity contribution in [3.8, 4) is 44.5 Å². The van der Waals surface area contributed by atoms with Gasteiger partial charge in [0.05, 0.1) is 0 Å². The molecule has 0 unspecified atom stereocenters. The molecule has 8 rings (SSSR count). The van der Waals surface area contributed by atoms with Crippen LogP contribution >= 0.6 is 0 Å². The summed E-state index contributed by atoms with van der Waals surface area (Å²) in [6.45, 7) is 46.9. The van der Waals surface area contributed by atoms with Crippen molar-refractivity contribution in [3.63, 3.8) is 0 Å². The monoisotopic (exact) mass is 926 g/mol. The molecule has 0 spiro atoms. The van der Waals surface area contributed by atoms with Gasteiger partial charge in [0, 0.05) is 22.5 Å². The maximum absolute atomic E-state index is 2.54. The lowest BCUT2D eigenvalue weighted by molar-refractivity contribution is 0.568. The van der Waals surface area contributed by atoms with Crippen LogP contribution in [0, 0.1) is 0 Å². The van der Waals surface area contributed by atoms with Gasteiger partial charge in [-0.05, 0) is 164 Å². The molecule has 0 atom stereocenters.